The molecule has 1 spiro atoms. The van der Waals surface area contributed by atoms with E-state index in [1.165, 1.54) is 38.9 Å². The molecule has 6 heteroatoms. The molecule has 2 atom stereocenters. The van der Waals surface area contributed by atoms with Crippen LogP contribution in [0.5, 0.6) is 0 Å². The molecule has 2 heterocycles. The summed E-state index contributed by atoms with van der Waals surface area (Å²) in [6, 6.07) is 0.174. The van der Waals surface area contributed by atoms with Gasteiger partial charge in [-0.1, -0.05) is 6.42 Å². The van der Waals surface area contributed by atoms with Crippen molar-refractivity contribution < 1.29 is 8.42 Å². The molecule has 0 aromatic rings. The smallest absolute Gasteiger partial charge is 0.211 e. The van der Waals surface area contributed by atoms with Crippen LogP contribution >= 0.6 is 0 Å². The van der Waals surface area contributed by atoms with Gasteiger partial charge in [-0.05, 0) is 76.5 Å². The molecule has 0 unspecified atom stereocenters. The van der Waals surface area contributed by atoms with Crippen LogP contribution in [0.25, 0.3) is 0 Å². The lowest BCUT2D eigenvalue weighted by molar-refractivity contribution is 0.0818. The third-order valence-electron chi connectivity index (χ3n) is 6.14. The fraction of sp³-hybridized carbons (Fsp3) is 1.00. The fourth-order valence-corrected chi connectivity index (χ4v) is 5.61. The van der Waals surface area contributed by atoms with Crippen LogP contribution in [0, 0.1) is 11.3 Å². The van der Waals surface area contributed by atoms with E-state index >= 15 is 0 Å². The van der Waals surface area contributed by atoms with E-state index in [-0.39, 0.29) is 17.2 Å². The number of rotatable bonds is 5. The van der Waals surface area contributed by atoms with Gasteiger partial charge >= 0.3 is 0 Å². The Kier molecular flexibility index (Phi) is 5.12. The van der Waals surface area contributed by atoms with Crippen LogP contribution in [0.1, 0.15) is 45.4 Å². The van der Waals surface area contributed by atoms with E-state index in [1.54, 1.807) is 6.92 Å². The number of nitrogens with zero attached hydrogens (tertiary/aromatic N) is 1. The number of likely N-dealkylation sites (tertiary alicyclic amines) is 1. The predicted octanol–water partition coefficient (Wildman–Crippen LogP) is 1.17. The third kappa shape index (κ3) is 3.66. The predicted molar refractivity (Wildman–Crippen MR) is 89.3 cm³/mol. The summed E-state index contributed by atoms with van der Waals surface area (Å²) in [6.07, 6.45) is 7.01. The Hall–Kier alpha value is -0.170. The molecular formula is C16H31N3O2S. The van der Waals surface area contributed by atoms with Crippen LogP contribution in [0.4, 0.5) is 0 Å². The summed E-state index contributed by atoms with van der Waals surface area (Å²) in [5.41, 5.74) is 0.229. The van der Waals surface area contributed by atoms with Crippen molar-refractivity contribution >= 4 is 10.0 Å². The first-order chi connectivity index (χ1) is 10.5. The molecule has 0 bridgehead atoms. The van der Waals surface area contributed by atoms with Crippen molar-refractivity contribution in [3.63, 3.8) is 0 Å². The summed E-state index contributed by atoms with van der Waals surface area (Å²) in [6.45, 7) is 7.56. The number of piperidine rings is 1. The van der Waals surface area contributed by atoms with Crippen molar-refractivity contribution in [3.8, 4) is 0 Å². The largest absolute Gasteiger partial charge is 0.316 e. The average molecular weight is 330 g/mol. The zero-order chi connectivity index (χ0) is 15.6. The minimum absolute atomic E-state index is 0.174. The monoisotopic (exact) mass is 329 g/mol. The van der Waals surface area contributed by atoms with Gasteiger partial charge in [0.25, 0.3) is 0 Å². The van der Waals surface area contributed by atoms with Crippen LogP contribution in [0.2, 0.25) is 0 Å². The van der Waals surface area contributed by atoms with Crippen molar-refractivity contribution in [2.45, 2.75) is 51.5 Å². The molecule has 2 aliphatic heterocycles. The first-order valence-electron chi connectivity index (χ1n) is 8.96. The standard InChI is InChI=1S/C16H31N3O2S/c1-2-22(20,21)18-15-4-3-6-16(15)7-10-19(11-8-16)13-14-5-9-17-12-14/h14-15,17-18H,2-13H2,1H3/t14-,15-/m0/s1. The molecule has 3 fully saturated rings. The maximum Gasteiger partial charge on any atom is 0.211 e. The summed E-state index contributed by atoms with van der Waals surface area (Å²) in [4.78, 5) is 2.60. The second kappa shape index (κ2) is 6.75. The average Bonchev–Trinajstić information content (AvgIpc) is 3.13. The Morgan fingerprint density at radius 1 is 1.23 bits per heavy atom. The minimum atomic E-state index is -3.08. The highest BCUT2D eigenvalue weighted by Gasteiger charge is 2.45. The molecule has 0 aromatic heterocycles. The molecule has 2 saturated heterocycles. The molecule has 128 valence electrons. The molecule has 5 nitrogen and oxygen atoms in total. The Morgan fingerprint density at radius 2 is 2.00 bits per heavy atom. The Morgan fingerprint density at radius 3 is 2.64 bits per heavy atom. The lowest BCUT2D eigenvalue weighted by Crippen LogP contribution is -2.51. The zero-order valence-electron chi connectivity index (χ0n) is 13.8. The normalized spacial score (nSPS) is 32.8. The molecule has 2 N–H and O–H groups in total. The van der Waals surface area contributed by atoms with Crippen molar-refractivity contribution in [3.05, 3.63) is 0 Å². The SMILES string of the molecule is CCS(=O)(=O)N[C@H]1CCCC12CCN(C[C@H]1CCNC1)CC2. The number of nitrogens with one attached hydrogen (secondary N) is 2. The first kappa shape index (κ1) is 16.7. The summed E-state index contributed by atoms with van der Waals surface area (Å²) in [7, 11) is -3.08. The van der Waals surface area contributed by atoms with Gasteiger partial charge in [0.2, 0.25) is 10.0 Å². The van der Waals surface area contributed by atoms with Gasteiger partial charge in [-0.3, -0.25) is 0 Å². The van der Waals surface area contributed by atoms with Crippen LogP contribution < -0.4 is 10.0 Å². The number of hydrogen-bond acceptors (Lipinski definition) is 4. The number of hydrogen-bond donors (Lipinski definition) is 2. The van der Waals surface area contributed by atoms with E-state index in [0.717, 1.165) is 38.3 Å². The third-order valence-corrected chi connectivity index (χ3v) is 7.54. The van der Waals surface area contributed by atoms with Gasteiger partial charge in [0.15, 0.2) is 0 Å². The Balaban J connectivity index is 1.55. The van der Waals surface area contributed by atoms with E-state index < -0.39 is 10.0 Å². The molecule has 1 saturated carbocycles. The second-order valence-electron chi connectivity index (χ2n) is 7.49. The van der Waals surface area contributed by atoms with E-state index in [9.17, 15) is 8.42 Å². The van der Waals surface area contributed by atoms with Gasteiger partial charge in [-0.2, -0.15) is 0 Å². The Labute approximate surface area is 135 Å². The second-order valence-corrected chi connectivity index (χ2v) is 9.53. The van der Waals surface area contributed by atoms with Gasteiger partial charge < -0.3 is 10.2 Å². The minimum Gasteiger partial charge on any atom is -0.316 e. The van der Waals surface area contributed by atoms with Gasteiger partial charge in [0.05, 0.1) is 5.75 Å². The highest BCUT2D eigenvalue weighted by atomic mass is 32.2. The number of sulfonamides is 1. The van der Waals surface area contributed by atoms with Gasteiger partial charge in [-0.25, -0.2) is 13.1 Å². The highest BCUT2D eigenvalue weighted by Crippen LogP contribution is 2.46. The van der Waals surface area contributed by atoms with Gasteiger partial charge in [0.1, 0.15) is 0 Å². The zero-order valence-corrected chi connectivity index (χ0v) is 14.6. The summed E-state index contributed by atoms with van der Waals surface area (Å²) in [5.74, 6) is 1.01. The van der Waals surface area contributed by atoms with Crippen molar-refractivity contribution in [1.29, 1.82) is 0 Å². The Bertz CT molecular complexity index is 466. The lowest BCUT2D eigenvalue weighted by Gasteiger charge is -2.43. The maximum absolute atomic E-state index is 11.9. The maximum atomic E-state index is 11.9. The summed E-state index contributed by atoms with van der Waals surface area (Å²) in [5, 5.41) is 3.45. The van der Waals surface area contributed by atoms with Crippen LogP contribution in [-0.4, -0.2) is 57.8 Å². The lowest BCUT2D eigenvalue weighted by atomic mass is 9.74. The van der Waals surface area contributed by atoms with Crippen LogP contribution in [0.15, 0.2) is 0 Å². The van der Waals surface area contributed by atoms with E-state index in [0.29, 0.717) is 0 Å². The molecule has 3 rings (SSSR count). The summed E-state index contributed by atoms with van der Waals surface area (Å²) >= 11 is 0. The molecule has 0 radical (unpaired) electrons. The molecule has 3 aliphatic rings. The molecular weight excluding hydrogens is 298 g/mol. The molecule has 0 aromatic carbocycles. The fourth-order valence-electron chi connectivity index (χ4n) is 4.64. The van der Waals surface area contributed by atoms with Crippen molar-refractivity contribution in [1.82, 2.24) is 14.9 Å². The highest BCUT2D eigenvalue weighted by molar-refractivity contribution is 7.89. The van der Waals surface area contributed by atoms with Crippen molar-refractivity contribution in [2.24, 2.45) is 11.3 Å². The molecule has 22 heavy (non-hydrogen) atoms. The summed E-state index contributed by atoms with van der Waals surface area (Å²) < 4.78 is 26.9. The first-order valence-corrected chi connectivity index (χ1v) is 10.6. The van der Waals surface area contributed by atoms with E-state index in [2.05, 4.69) is 14.9 Å². The van der Waals surface area contributed by atoms with Crippen LogP contribution in [0.3, 0.4) is 0 Å². The topological polar surface area (TPSA) is 61.4 Å². The van der Waals surface area contributed by atoms with Gasteiger partial charge in [0, 0.05) is 12.6 Å². The van der Waals surface area contributed by atoms with Gasteiger partial charge in [-0.15, -0.1) is 0 Å². The molecule has 0 amide bonds. The van der Waals surface area contributed by atoms with Crippen molar-refractivity contribution in [2.75, 3.05) is 38.5 Å². The molecule has 1 aliphatic carbocycles. The quantitative estimate of drug-likeness (QED) is 0.795. The van der Waals surface area contributed by atoms with E-state index in [4.69, 9.17) is 0 Å². The van der Waals surface area contributed by atoms with Crippen LogP contribution in [-0.2, 0) is 10.0 Å². The van der Waals surface area contributed by atoms with E-state index in [1.807, 2.05) is 0 Å².